The molecule has 2 aliphatic rings. The van der Waals surface area contributed by atoms with Gasteiger partial charge in [-0.25, -0.2) is 0 Å². The summed E-state index contributed by atoms with van der Waals surface area (Å²) in [6.45, 7) is 3.70. The Labute approximate surface area is 109 Å². The maximum absolute atomic E-state index is 12.7. The highest BCUT2D eigenvalue weighted by Gasteiger charge is 2.70. The molecule has 2 rings (SSSR count). The first-order valence-electron chi connectivity index (χ1n) is 6.25. The third kappa shape index (κ3) is 2.07. The van der Waals surface area contributed by atoms with Crippen LogP contribution in [0.1, 0.15) is 20.3 Å². The first-order valence-corrected chi connectivity index (χ1v) is 6.25. The van der Waals surface area contributed by atoms with Crippen molar-refractivity contribution in [2.45, 2.75) is 44.8 Å². The van der Waals surface area contributed by atoms with E-state index in [2.05, 4.69) is 0 Å². The van der Waals surface area contributed by atoms with E-state index in [1.165, 1.54) is 0 Å². The Balaban J connectivity index is 2.30. The van der Waals surface area contributed by atoms with Crippen LogP contribution in [0.3, 0.4) is 0 Å². The molecule has 2 fully saturated rings. The molecule has 0 aromatic heterocycles. The van der Waals surface area contributed by atoms with Crippen molar-refractivity contribution in [3.63, 3.8) is 0 Å². The molecule has 0 aromatic rings. The number of hydrogen-bond donors (Lipinski definition) is 2. The normalized spacial score (nSPS) is 39.3. The summed E-state index contributed by atoms with van der Waals surface area (Å²) < 4.78 is 48.8. The lowest BCUT2D eigenvalue weighted by molar-refractivity contribution is -0.295. The minimum atomic E-state index is -4.72. The molecule has 2 N–H and O–H groups in total. The second-order valence-electron chi connectivity index (χ2n) is 5.95. The summed E-state index contributed by atoms with van der Waals surface area (Å²) in [4.78, 5) is 0. The SMILES string of the molecule is CC1(C)CO[C@H]([C@@H](O)C(F)(F)F)C12CO[C@H]2CCO. The standard InChI is InChI=1S/C12H19F3O4/c1-10(2)5-19-9(8(17)12(13,14)15)11(10)6-18-7(11)3-4-16/h7-9,16-17H,3-6H2,1-2H3/t7-,8+,9+,11?/m0/s1. The highest BCUT2D eigenvalue weighted by Crippen LogP contribution is 2.59. The minimum Gasteiger partial charge on any atom is -0.396 e. The summed E-state index contributed by atoms with van der Waals surface area (Å²) in [7, 11) is 0. The number of aliphatic hydroxyl groups is 2. The molecule has 7 heteroatoms. The van der Waals surface area contributed by atoms with Gasteiger partial charge in [-0.2, -0.15) is 13.2 Å². The van der Waals surface area contributed by atoms with E-state index >= 15 is 0 Å². The summed E-state index contributed by atoms with van der Waals surface area (Å²) in [5.41, 5.74) is -1.44. The van der Waals surface area contributed by atoms with Gasteiger partial charge in [0.05, 0.1) is 24.7 Å². The summed E-state index contributed by atoms with van der Waals surface area (Å²) in [5.74, 6) is 0. The largest absolute Gasteiger partial charge is 0.416 e. The van der Waals surface area contributed by atoms with Gasteiger partial charge in [0.2, 0.25) is 0 Å². The van der Waals surface area contributed by atoms with Crippen LogP contribution in [0.25, 0.3) is 0 Å². The second kappa shape index (κ2) is 4.58. The lowest BCUT2D eigenvalue weighted by Gasteiger charge is -2.56. The predicted octanol–water partition coefficient (Wildman–Crippen LogP) is 1.10. The van der Waals surface area contributed by atoms with Crippen molar-refractivity contribution in [2.75, 3.05) is 19.8 Å². The molecular formula is C12H19F3O4. The van der Waals surface area contributed by atoms with Crippen LogP contribution in [0.4, 0.5) is 13.2 Å². The molecule has 0 amide bonds. The van der Waals surface area contributed by atoms with Gasteiger partial charge in [-0.1, -0.05) is 13.8 Å². The average Bonchev–Trinajstić information content (AvgIpc) is 2.55. The number of rotatable bonds is 3. The Hall–Kier alpha value is -0.370. The van der Waals surface area contributed by atoms with Crippen LogP contribution >= 0.6 is 0 Å². The van der Waals surface area contributed by atoms with Crippen LogP contribution in [0.15, 0.2) is 0 Å². The van der Waals surface area contributed by atoms with Gasteiger partial charge in [0.1, 0.15) is 6.10 Å². The summed E-state index contributed by atoms with van der Waals surface area (Å²) in [6, 6.07) is 0. The van der Waals surface area contributed by atoms with E-state index in [0.29, 0.717) is 0 Å². The first kappa shape index (κ1) is 15.0. The van der Waals surface area contributed by atoms with Crippen LogP contribution in [0.5, 0.6) is 0 Å². The highest BCUT2D eigenvalue weighted by atomic mass is 19.4. The number of aliphatic hydroxyl groups excluding tert-OH is 2. The van der Waals surface area contributed by atoms with Crippen molar-refractivity contribution in [2.24, 2.45) is 10.8 Å². The molecule has 4 nitrogen and oxygen atoms in total. The Morgan fingerprint density at radius 1 is 1.26 bits per heavy atom. The van der Waals surface area contributed by atoms with Gasteiger partial charge in [-0.05, 0) is 6.42 Å². The highest BCUT2D eigenvalue weighted by molar-refractivity contribution is 5.14. The van der Waals surface area contributed by atoms with Crippen molar-refractivity contribution < 1.29 is 32.9 Å². The van der Waals surface area contributed by atoms with E-state index < -0.39 is 35.3 Å². The zero-order valence-corrected chi connectivity index (χ0v) is 10.9. The molecule has 2 aliphatic heterocycles. The van der Waals surface area contributed by atoms with Gasteiger partial charge in [-0.3, -0.25) is 0 Å². The van der Waals surface area contributed by atoms with Gasteiger partial charge >= 0.3 is 6.18 Å². The molecule has 0 saturated carbocycles. The summed E-state index contributed by atoms with van der Waals surface area (Å²) in [6.07, 6.45) is -8.87. The molecule has 0 radical (unpaired) electrons. The Kier molecular flexibility index (Phi) is 3.62. The number of alkyl halides is 3. The molecule has 2 heterocycles. The molecule has 1 spiro atoms. The Morgan fingerprint density at radius 2 is 1.89 bits per heavy atom. The number of hydrogen-bond acceptors (Lipinski definition) is 4. The average molecular weight is 284 g/mol. The molecule has 0 aliphatic carbocycles. The molecule has 19 heavy (non-hydrogen) atoms. The van der Waals surface area contributed by atoms with Crippen molar-refractivity contribution in [3.8, 4) is 0 Å². The lowest BCUT2D eigenvalue weighted by atomic mass is 9.57. The maximum atomic E-state index is 12.7. The van der Waals surface area contributed by atoms with Gasteiger partial charge in [-0.15, -0.1) is 0 Å². The Bertz CT molecular complexity index is 344. The minimum absolute atomic E-state index is 0.114. The monoisotopic (exact) mass is 284 g/mol. The van der Waals surface area contributed by atoms with Gasteiger partial charge in [0, 0.05) is 12.0 Å². The lowest BCUT2D eigenvalue weighted by Crippen LogP contribution is -2.66. The van der Waals surface area contributed by atoms with Gasteiger partial charge in [0.15, 0.2) is 6.10 Å². The van der Waals surface area contributed by atoms with Crippen LogP contribution < -0.4 is 0 Å². The summed E-state index contributed by atoms with van der Waals surface area (Å²) in [5, 5.41) is 18.5. The first-order chi connectivity index (χ1) is 8.67. The van der Waals surface area contributed by atoms with E-state index in [9.17, 15) is 18.3 Å². The Morgan fingerprint density at radius 3 is 2.32 bits per heavy atom. The van der Waals surface area contributed by atoms with Crippen molar-refractivity contribution in [1.82, 2.24) is 0 Å². The van der Waals surface area contributed by atoms with Crippen molar-refractivity contribution in [1.29, 1.82) is 0 Å². The molecule has 4 atom stereocenters. The smallest absolute Gasteiger partial charge is 0.396 e. The molecule has 1 unspecified atom stereocenters. The van der Waals surface area contributed by atoms with Crippen molar-refractivity contribution >= 4 is 0 Å². The molecular weight excluding hydrogens is 265 g/mol. The van der Waals surface area contributed by atoms with Crippen LogP contribution in [0, 0.1) is 10.8 Å². The van der Waals surface area contributed by atoms with Crippen LogP contribution in [-0.2, 0) is 9.47 Å². The molecule has 112 valence electrons. The van der Waals surface area contributed by atoms with Crippen LogP contribution in [-0.4, -0.2) is 54.5 Å². The fourth-order valence-corrected chi connectivity index (χ4v) is 3.25. The van der Waals surface area contributed by atoms with E-state index in [-0.39, 0.29) is 26.2 Å². The van der Waals surface area contributed by atoms with Gasteiger partial charge in [0.25, 0.3) is 0 Å². The predicted molar refractivity (Wildman–Crippen MR) is 59.5 cm³/mol. The zero-order chi connectivity index (χ0) is 14.5. The zero-order valence-electron chi connectivity index (χ0n) is 10.9. The molecule has 0 aromatic carbocycles. The topological polar surface area (TPSA) is 58.9 Å². The fourth-order valence-electron chi connectivity index (χ4n) is 3.25. The third-order valence-corrected chi connectivity index (χ3v) is 4.50. The quantitative estimate of drug-likeness (QED) is 0.815. The number of halogens is 3. The fraction of sp³-hybridized carbons (Fsp3) is 1.00. The van der Waals surface area contributed by atoms with E-state index in [0.717, 1.165) is 0 Å². The van der Waals surface area contributed by atoms with Crippen molar-refractivity contribution in [3.05, 3.63) is 0 Å². The second-order valence-corrected chi connectivity index (χ2v) is 5.95. The van der Waals surface area contributed by atoms with Gasteiger partial charge < -0.3 is 19.7 Å². The molecule has 2 saturated heterocycles. The van der Waals surface area contributed by atoms with Crippen LogP contribution in [0.2, 0.25) is 0 Å². The maximum Gasteiger partial charge on any atom is 0.416 e. The molecule has 0 bridgehead atoms. The third-order valence-electron chi connectivity index (χ3n) is 4.50. The number of ether oxygens (including phenoxy) is 2. The van der Waals surface area contributed by atoms with E-state index in [4.69, 9.17) is 14.6 Å². The summed E-state index contributed by atoms with van der Waals surface area (Å²) >= 11 is 0. The van der Waals surface area contributed by atoms with E-state index in [1.807, 2.05) is 13.8 Å². The van der Waals surface area contributed by atoms with E-state index in [1.54, 1.807) is 0 Å².